The summed E-state index contributed by atoms with van der Waals surface area (Å²) in [7, 11) is 1.52. The average Bonchev–Trinajstić information content (AvgIpc) is 2.75. The van der Waals surface area contributed by atoms with Gasteiger partial charge in [-0.05, 0) is 30.7 Å². The Balaban J connectivity index is 2.44. The monoisotopic (exact) mass is 236 g/mol. The first kappa shape index (κ1) is 11.3. The van der Waals surface area contributed by atoms with Crippen LogP contribution in [0.15, 0.2) is 17.7 Å². The number of ether oxygens (including phenoxy) is 3. The largest absolute Gasteiger partial charge is 0.493 e. The first-order chi connectivity index (χ1) is 8.11. The zero-order chi connectivity index (χ0) is 12.4. The van der Waals surface area contributed by atoms with Gasteiger partial charge in [-0.2, -0.15) is 0 Å². The fourth-order valence-electron chi connectivity index (χ4n) is 1.54. The van der Waals surface area contributed by atoms with Crippen molar-refractivity contribution in [3.63, 3.8) is 0 Å². The molecule has 5 heteroatoms. The van der Waals surface area contributed by atoms with Gasteiger partial charge in [-0.1, -0.05) is 0 Å². The zero-order valence-electron chi connectivity index (χ0n) is 9.52. The van der Waals surface area contributed by atoms with E-state index in [1.807, 2.05) is 0 Å². The number of carbonyl (C=O) groups is 1. The lowest BCUT2D eigenvalue weighted by Gasteiger charge is -2.06. The van der Waals surface area contributed by atoms with Crippen LogP contribution < -0.4 is 14.2 Å². The Morgan fingerprint density at radius 1 is 1.47 bits per heavy atom. The molecule has 1 heterocycles. The van der Waals surface area contributed by atoms with E-state index >= 15 is 0 Å². The maximum atomic E-state index is 10.7. The molecular weight excluding hydrogens is 224 g/mol. The van der Waals surface area contributed by atoms with Crippen molar-refractivity contribution in [1.82, 2.24) is 0 Å². The van der Waals surface area contributed by atoms with E-state index in [2.05, 4.69) is 0 Å². The Kier molecular flexibility index (Phi) is 2.91. The van der Waals surface area contributed by atoms with Crippen molar-refractivity contribution in [3.05, 3.63) is 23.3 Å². The van der Waals surface area contributed by atoms with Crippen molar-refractivity contribution < 1.29 is 24.1 Å². The van der Waals surface area contributed by atoms with Gasteiger partial charge in [0.05, 0.1) is 7.11 Å². The van der Waals surface area contributed by atoms with E-state index in [0.717, 1.165) is 0 Å². The lowest BCUT2D eigenvalue weighted by Crippen LogP contribution is -1.95. The van der Waals surface area contributed by atoms with Gasteiger partial charge < -0.3 is 19.3 Å². The molecule has 0 spiro atoms. The minimum atomic E-state index is -0.957. The maximum Gasteiger partial charge on any atom is 0.331 e. The maximum absolute atomic E-state index is 10.7. The number of aliphatic carboxylic acids is 1. The fraction of sp³-hybridized carbons (Fsp3) is 0.250. The summed E-state index contributed by atoms with van der Waals surface area (Å²) in [6.07, 6.45) is 1.55. The highest BCUT2D eigenvalue weighted by molar-refractivity contribution is 5.91. The molecule has 5 nitrogen and oxygen atoms in total. The van der Waals surface area contributed by atoms with E-state index < -0.39 is 5.97 Å². The van der Waals surface area contributed by atoms with Crippen molar-refractivity contribution in [2.45, 2.75) is 6.92 Å². The fourth-order valence-corrected chi connectivity index (χ4v) is 1.54. The molecule has 1 aromatic rings. The molecule has 17 heavy (non-hydrogen) atoms. The standard InChI is InChI=1S/C12H12O5/c1-7(12(13)14)3-8-4-9(15-2)11-10(5-8)16-6-17-11/h3-5H,6H2,1-2H3,(H,13,14)/b7-3-. The van der Waals surface area contributed by atoms with Crippen LogP contribution in [0.4, 0.5) is 0 Å². The van der Waals surface area contributed by atoms with Gasteiger partial charge in [0.1, 0.15) is 0 Å². The van der Waals surface area contributed by atoms with Crippen molar-refractivity contribution in [2.24, 2.45) is 0 Å². The Bertz CT molecular complexity index is 490. The lowest BCUT2D eigenvalue weighted by molar-refractivity contribution is -0.132. The number of hydrogen-bond acceptors (Lipinski definition) is 4. The van der Waals surface area contributed by atoms with Crippen LogP contribution in [-0.2, 0) is 4.79 Å². The van der Waals surface area contributed by atoms with Crippen LogP contribution in [0.2, 0.25) is 0 Å². The molecule has 1 aliphatic rings. The van der Waals surface area contributed by atoms with E-state index in [0.29, 0.717) is 22.8 Å². The van der Waals surface area contributed by atoms with Crippen LogP contribution in [-0.4, -0.2) is 25.0 Å². The van der Waals surface area contributed by atoms with Gasteiger partial charge in [-0.25, -0.2) is 4.79 Å². The molecule has 0 fully saturated rings. The number of carboxylic acid groups (broad SMARTS) is 1. The topological polar surface area (TPSA) is 65.0 Å². The van der Waals surface area contributed by atoms with Gasteiger partial charge in [0.25, 0.3) is 0 Å². The molecule has 90 valence electrons. The number of benzene rings is 1. The van der Waals surface area contributed by atoms with E-state index in [-0.39, 0.29) is 12.4 Å². The van der Waals surface area contributed by atoms with Crippen molar-refractivity contribution in [3.8, 4) is 17.2 Å². The normalized spacial score (nSPS) is 13.6. The molecule has 1 N–H and O–H groups in total. The van der Waals surface area contributed by atoms with Crippen LogP contribution in [0.1, 0.15) is 12.5 Å². The SMILES string of the molecule is COc1cc(/C=C(/C)C(=O)O)cc2c1OCO2. The zero-order valence-corrected chi connectivity index (χ0v) is 9.52. The molecule has 0 saturated carbocycles. The molecule has 0 amide bonds. The summed E-state index contributed by atoms with van der Waals surface area (Å²) in [5.74, 6) is 0.692. The number of fused-ring (bicyclic) bond motifs is 1. The molecule has 0 bridgehead atoms. The summed E-state index contributed by atoms with van der Waals surface area (Å²) < 4.78 is 15.6. The summed E-state index contributed by atoms with van der Waals surface area (Å²) in [6.45, 7) is 1.68. The van der Waals surface area contributed by atoms with Gasteiger partial charge >= 0.3 is 5.97 Å². The second-order valence-electron chi connectivity index (χ2n) is 3.59. The summed E-state index contributed by atoms with van der Waals surface area (Å²) in [5.41, 5.74) is 0.942. The minimum Gasteiger partial charge on any atom is -0.493 e. The second-order valence-corrected chi connectivity index (χ2v) is 3.59. The average molecular weight is 236 g/mol. The Labute approximate surface area is 98.2 Å². The number of hydrogen-bond donors (Lipinski definition) is 1. The van der Waals surface area contributed by atoms with Gasteiger partial charge in [0.15, 0.2) is 11.5 Å². The predicted molar refractivity (Wildman–Crippen MR) is 60.4 cm³/mol. The Hall–Kier alpha value is -2.17. The summed E-state index contributed by atoms with van der Waals surface area (Å²) in [5, 5.41) is 8.81. The van der Waals surface area contributed by atoms with Crippen molar-refractivity contribution in [2.75, 3.05) is 13.9 Å². The first-order valence-electron chi connectivity index (χ1n) is 5.01. The molecule has 0 aromatic heterocycles. The quantitative estimate of drug-likeness (QED) is 0.812. The molecule has 0 atom stereocenters. The Morgan fingerprint density at radius 3 is 2.88 bits per heavy atom. The van der Waals surface area contributed by atoms with E-state index in [1.165, 1.54) is 14.0 Å². The third-order valence-corrected chi connectivity index (χ3v) is 2.40. The second kappa shape index (κ2) is 4.37. The molecule has 2 rings (SSSR count). The number of rotatable bonds is 3. The van der Waals surface area contributed by atoms with Crippen molar-refractivity contribution in [1.29, 1.82) is 0 Å². The van der Waals surface area contributed by atoms with Crippen molar-refractivity contribution >= 4 is 12.0 Å². The van der Waals surface area contributed by atoms with E-state index in [9.17, 15) is 4.79 Å². The first-order valence-corrected chi connectivity index (χ1v) is 5.01. The van der Waals surface area contributed by atoms with Crippen LogP contribution >= 0.6 is 0 Å². The predicted octanol–water partition coefficient (Wildman–Crippen LogP) is 1.91. The van der Waals surface area contributed by atoms with Gasteiger partial charge in [-0.3, -0.25) is 0 Å². The van der Waals surface area contributed by atoms with Crippen LogP contribution in [0.25, 0.3) is 6.08 Å². The lowest BCUT2D eigenvalue weighted by atomic mass is 10.1. The third-order valence-electron chi connectivity index (χ3n) is 2.40. The van der Waals surface area contributed by atoms with Crippen LogP contribution in [0, 0.1) is 0 Å². The van der Waals surface area contributed by atoms with E-state index in [4.69, 9.17) is 19.3 Å². The van der Waals surface area contributed by atoms with Gasteiger partial charge in [0.2, 0.25) is 12.5 Å². The molecule has 0 saturated heterocycles. The molecular formula is C12H12O5. The molecule has 1 aliphatic heterocycles. The van der Waals surface area contributed by atoms with Gasteiger partial charge in [0, 0.05) is 5.57 Å². The molecule has 0 aliphatic carbocycles. The van der Waals surface area contributed by atoms with Crippen LogP contribution in [0.5, 0.6) is 17.2 Å². The molecule has 0 unspecified atom stereocenters. The van der Waals surface area contributed by atoms with Crippen LogP contribution in [0.3, 0.4) is 0 Å². The summed E-state index contributed by atoms with van der Waals surface area (Å²) >= 11 is 0. The highest BCUT2D eigenvalue weighted by Gasteiger charge is 2.19. The summed E-state index contributed by atoms with van der Waals surface area (Å²) in [4.78, 5) is 10.7. The number of carboxylic acids is 1. The highest BCUT2D eigenvalue weighted by atomic mass is 16.7. The minimum absolute atomic E-state index is 0.150. The molecule has 0 radical (unpaired) electrons. The Morgan fingerprint density at radius 2 is 2.24 bits per heavy atom. The summed E-state index contributed by atoms with van der Waals surface area (Å²) in [6, 6.07) is 3.43. The number of methoxy groups -OCH3 is 1. The molecule has 1 aromatic carbocycles. The highest BCUT2D eigenvalue weighted by Crippen LogP contribution is 2.42. The smallest absolute Gasteiger partial charge is 0.331 e. The van der Waals surface area contributed by atoms with Gasteiger partial charge in [-0.15, -0.1) is 0 Å². The van der Waals surface area contributed by atoms with E-state index in [1.54, 1.807) is 18.2 Å². The third kappa shape index (κ3) is 2.18.